The van der Waals surface area contributed by atoms with Crippen LogP contribution in [-0.2, 0) is 12.7 Å². The molecule has 0 aliphatic rings. The SMILES string of the molecule is FC(F)(F)c1cccc(-c2ccccc2CNNc2ccccc2)c1. The van der Waals surface area contributed by atoms with E-state index in [1.165, 1.54) is 12.1 Å². The molecule has 0 saturated carbocycles. The molecule has 0 atom stereocenters. The van der Waals surface area contributed by atoms with E-state index < -0.39 is 11.7 Å². The van der Waals surface area contributed by atoms with Gasteiger partial charge in [0.05, 0.1) is 5.56 Å². The Hall–Kier alpha value is -2.79. The third-order valence-corrected chi connectivity index (χ3v) is 3.80. The molecule has 128 valence electrons. The van der Waals surface area contributed by atoms with Crippen LogP contribution in [0.1, 0.15) is 11.1 Å². The summed E-state index contributed by atoms with van der Waals surface area (Å²) in [4.78, 5) is 0. The Balaban J connectivity index is 1.79. The minimum atomic E-state index is -4.35. The van der Waals surface area contributed by atoms with Crippen LogP contribution in [0.3, 0.4) is 0 Å². The summed E-state index contributed by atoms with van der Waals surface area (Å²) in [5, 5.41) is 0. The standard InChI is InChI=1S/C20H17F3N2/c21-20(22,23)17-9-6-8-15(13-17)19-12-5-4-7-16(19)14-24-25-18-10-2-1-3-11-18/h1-13,24-25H,14H2. The maximum absolute atomic E-state index is 13.0. The summed E-state index contributed by atoms with van der Waals surface area (Å²) >= 11 is 0. The first-order valence-corrected chi connectivity index (χ1v) is 7.83. The van der Waals surface area contributed by atoms with Gasteiger partial charge in [0.2, 0.25) is 0 Å². The molecule has 0 aliphatic carbocycles. The van der Waals surface area contributed by atoms with Gasteiger partial charge in [0.25, 0.3) is 0 Å². The third-order valence-electron chi connectivity index (χ3n) is 3.80. The Morgan fingerprint density at radius 3 is 2.24 bits per heavy atom. The van der Waals surface area contributed by atoms with Crippen molar-refractivity contribution in [3.63, 3.8) is 0 Å². The lowest BCUT2D eigenvalue weighted by Crippen LogP contribution is -2.21. The summed E-state index contributed by atoms with van der Waals surface area (Å²) in [5.74, 6) is 0. The quantitative estimate of drug-likeness (QED) is 0.599. The second-order valence-electron chi connectivity index (χ2n) is 5.58. The first-order chi connectivity index (χ1) is 12.0. The van der Waals surface area contributed by atoms with Crippen molar-refractivity contribution in [2.45, 2.75) is 12.7 Å². The van der Waals surface area contributed by atoms with Crippen molar-refractivity contribution in [3.8, 4) is 11.1 Å². The zero-order chi connectivity index (χ0) is 17.7. The predicted octanol–water partition coefficient (Wildman–Crippen LogP) is 5.49. The first kappa shape index (κ1) is 17.0. The third kappa shape index (κ3) is 4.39. The molecule has 2 N–H and O–H groups in total. The minimum Gasteiger partial charge on any atom is -0.321 e. The summed E-state index contributed by atoms with van der Waals surface area (Å²) in [6.07, 6.45) is -4.35. The average Bonchev–Trinajstić information content (AvgIpc) is 2.62. The van der Waals surface area contributed by atoms with Crippen LogP contribution in [0.4, 0.5) is 18.9 Å². The van der Waals surface area contributed by atoms with E-state index in [1.54, 1.807) is 6.07 Å². The monoisotopic (exact) mass is 342 g/mol. The van der Waals surface area contributed by atoms with Crippen molar-refractivity contribution >= 4 is 5.69 Å². The summed E-state index contributed by atoms with van der Waals surface area (Å²) in [5.41, 5.74) is 8.68. The number of benzene rings is 3. The van der Waals surface area contributed by atoms with Gasteiger partial charge in [-0.3, -0.25) is 0 Å². The average molecular weight is 342 g/mol. The van der Waals surface area contributed by atoms with Crippen molar-refractivity contribution in [2.75, 3.05) is 5.43 Å². The highest BCUT2D eigenvalue weighted by Crippen LogP contribution is 2.33. The Morgan fingerprint density at radius 1 is 0.760 bits per heavy atom. The van der Waals surface area contributed by atoms with E-state index in [-0.39, 0.29) is 0 Å². The highest BCUT2D eigenvalue weighted by molar-refractivity contribution is 5.68. The molecule has 3 aromatic rings. The van der Waals surface area contributed by atoms with Crippen LogP contribution in [0, 0.1) is 0 Å². The number of alkyl halides is 3. The van der Waals surface area contributed by atoms with E-state index in [0.717, 1.165) is 22.9 Å². The first-order valence-electron chi connectivity index (χ1n) is 7.83. The van der Waals surface area contributed by atoms with Crippen LogP contribution in [0.5, 0.6) is 0 Å². The minimum absolute atomic E-state index is 0.474. The van der Waals surface area contributed by atoms with Gasteiger partial charge in [0.15, 0.2) is 0 Å². The van der Waals surface area contributed by atoms with Gasteiger partial charge >= 0.3 is 6.18 Å². The van der Waals surface area contributed by atoms with Crippen molar-refractivity contribution in [1.82, 2.24) is 5.43 Å². The Morgan fingerprint density at radius 2 is 1.48 bits per heavy atom. The summed E-state index contributed by atoms with van der Waals surface area (Å²) in [6, 6.07) is 22.4. The maximum Gasteiger partial charge on any atom is 0.416 e. The summed E-state index contributed by atoms with van der Waals surface area (Å²) < 4.78 is 38.9. The van der Waals surface area contributed by atoms with E-state index in [0.29, 0.717) is 12.1 Å². The Labute approximate surface area is 144 Å². The van der Waals surface area contributed by atoms with Crippen molar-refractivity contribution < 1.29 is 13.2 Å². The Bertz CT molecular complexity index is 830. The van der Waals surface area contributed by atoms with Crippen molar-refractivity contribution in [2.24, 2.45) is 0 Å². The maximum atomic E-state index is 13.0. The largest absolute Gasteiger partial charge is 0.416 e. The van der Waals surface area contributed by atoms with E-state index in [1.807, 2.05) is 54.6 Å². The number of nitrogens with one attached hydrogen (secondary N) is 2. The lowest BCUT2D eigenvalue weighted by Gasteiger charge is -2.14. The summed E-state index contributed by atoms with van der Waals surface area (Å²) in [7, 11) is 0. The van der Waals surface area contributed by atoms with Gasteiger partial charge in [-0.2, -0.15) is 13.2 Å². The lowest BCUT2D eigenvalue weighted by molar-refractivity contribution is -0.137. The molecular formula is C20H17F3N2. The van der Waals surface area contributed by atoms with Crippen LogP contribution in [0.25, 0.3) is 11.1 Å². The molecule has 0 unspecified atom stereocenters. The predicted molar refractivity (Wildman–Crippen MR) is 93.8 cm³/mol. The number of rotatable bonds is 5. The van der Waals surface area contributed by atoms with Gasteiger partial charge in [-0.1, -0.05) is 54.6 Å². The molecule has 0 aliphatic heterocycles. The van der Waals surface area contributed by atoms with Crippen LogP contribution in [0.15, 0.2) is 78.9 Å². The van der Waals surface area contributed by atoms with E-state index in [9.17, 15) is 13.2 Å². The molecule has 0 fully saturated rings. The lowest BCUT2D eigenvalue weighted by atomic mass is 9.98. The molecule has 25 heavy (non-hydrogen) atoms. The topological polar surface area (TPSA) is 24.1 Å². The van der Waals surface area contributed by atoms with Crippen molar-refractivity contribution in [3.05, 3.63) is 90.0 Å². The highest BCUT2D eigenvalue weighted by atomic mass is 19.4. The number of hydrazine groups is 1. The fourth-order valence-corrected chi connectivity index (χ4v) is 2.58. The molecule has 0 heterocycles. The van der Waals surface area contributed by atoms with E-state index in [4.69, 9.17) is 0 Å². The molecule has 0 amide bonds. The van der Waals surface area contributed by atoms with Crippen LogP contribution < -0.4 is 10.9 Å². The van der Waals surface area contributed by atoms with E-state index >= 15 is 0 Å². The number of hydrogen-bond donors (Lipinski definition) is 2. The molecular weight excluding hydrogens is 325 g/mol. The van der Waals surface area contributed by atoms with Gasteiger partial charge in [0.1, 0.15) is 0 Å². The fourth-order valence-electron chi connectivity index (χ4n) is 2.58. The summed E-state index contributed by atoms with van der Waals surface area (Å²) in [6.45, 7) is 0.474. The molecule has 3 rings (SSSR count). The van der Waals surface area contributed by atoms with Gasteiger partial charge in [-0.05, 0) is 41.0 Å². The van der Waals surface area contributed by atoms with Crippen molar-refractivity contribution in [1.29, 1.82) is 0 Å². The van der Waals surface area contributed by atoms with Crippen LogP contribution >= 0.6 is 0 Å². The fraction of sp³-hybridized carbons (Fsp3) is 0.100. The molecule has 0 bridgehead atoms. The molecule has 0 radical (unpaired) electrons. The van der Waals surface area contributed by atoms with Crippen LogP contribution in [-0.4, -0.2) is 0 Å². The van der Waals surface area contributed by atoms with Gasteiger partial charge in [-0.25, -0.2) is 5.43 Å². The molecule has 3 aromatic carbocycles. The smallest absolute Gasteiger partial charge is 0.321 e. The zero-order valence-corrected chi connectivity index (χ0v) is 13.3. The molecule has 0 aromatic heterocycles. The van der Waals surface area contributed by atoms with Gasteiger partial charge in [-0.15, -0.1) is 0 Å². The number of anilines is 1. The normalized spacial score (nSPS) is 11.3. The zero-order valence-electron chi connectivity index (χ0n) is 13.3. The number of para-hydroxylation sites is 1. The second kappa shape index (κ2) is 7.40. The highest BCUT2D eigenvalue weighted by Gasteiger charge is 2.30. The molecule has 0 saturated heterocycles. The van der Waals surface area contributed by atoms with E-state index in [2.05, 4.69) is 10.9 Å². The number of hydrogen-bond acceptors (Lipinski definition) is 2. The Kier molecular flexibility index (Phi) is 5.05. The van der Waals surface area contributed by atoms with Gasteiger partial charge in [0, 0.05) is 12.2 Å². The molecule has 5 heteroatoms. The number of halogens is 3. The second-order valence-corrected chi connectivity index (χ2v) is 5.58. The molecule has 0 spiro atoms. The van der Waals surface area contributed by atoms with Crippen LogP contribution in [0.2, 0.25) is 0 Å². The van der Waals surface area contributed by atoms with Gasteiger partial charge < -0.3 is 5.43 Å². The molecule has 2 nitrogen and oxygen atoms in total.